The molecule has 0 rings (SSSR count). The monoisotopic (exact) mass is 196 g/mol. The summed E-state index contributed by atoms with van der Waals surface area (Å²) >= 11 is 0. The fraction of sp³-hybridized carbons (Fsp3) is 0.455. The summed E-state index contributed by atoms with van der Waals surface area (Å²) in [7, 11) is 0. The quantitative estimate of drug-likeness (QED) is 0.368. The van der Waals surface area contributed by atoms with Gasteiger partial charge in [-0.2, -0.15) is 0 Å². The molecule has 3 heteroatoms. The number of carboxylic acids is 1. The van der Waals surface area contributed by atoms with E-state index in [-0.39, 0.29) is 5.92 Å². The fourth-order valence-electron chi connectivity index (χ4n) is 1.04. The first-order chi connectivity index (χ1) is 6.72. The molecule has 0 radical (unpaired) electrons. The van der Waals surface area contributed by atoms with Gasteiger partial charge in [0.25, 0.3) is 0 Å². The summed E-state index contributed by atoms with van der Waals surface area (Å²) in [6, 6.07) is 0. The van der Waals surface area contributed by atoms with Crippen LogP contribution in [0.2, 0.25) is 0 Å². The number of aldehydes is 1. The largest absolute Gasteiger partial charge is 0.481 e. The highest BCUT2D eigenvalue weighted by molar-refractivity contribution is 5.70. The van der Waals surface area contributed by atoms with E-state index in [0.717, 1.165) is 6.29 Å². The number of rotatable bonds is 8. The van der Waals surface area contributed by atoms with Crippen LogP contribution in [0.15, 0.2) is 24.8 Å². The number of carboxylic acid groups (broad SMARTS) is 1. The predicted molar refractivity (Wildman–Crippen MR) is 55.0 cm³/mol. The molecule has 14 heavy (non-hydrogen) atoms. The number of allylic oxidation sites excluding steroid dienone is 3. The Bertz CT molecular complexity index is 219. The Balaban J connectivity index is 3.80. The van der Waals surface area contributed by atoms with Crippen molar-refractivity contribution in [3.63, 3.8) is 0 Å². The maximum absolute atomic E-state index is 10.7. The molecule has 0 aromatic rings. The second-order valence-corrected chi connectivity index (χ2v) is 3.01. The average Bonchev–Trinajstić information content (AvgIpc) is 2.15. The molecule has 0 fully saturated rings. The molecular formula is C11H16O3. The van der Waals surface area contributed by atoms with Gasteiger partial charge >= 0.3 is 5.97 Å². The van der Waals surface area contributed by atoms with Crippen LogP contribution in [0.3, 0.4) is 0 Å². The van der Waals surface area contributed by atoms with E-state index in [1.54, 1.807) is 6.08 Å². The van der Waals surface area contributed by atoms with Gasteiger partial charge in [-0.05, 0) is 19.3 Å². The SMILES string of the molecule is C=CCC(CC=CCCC=O)C(=O)O. The maximum atomic E-state index is 10.7. The topological polar surface area (TPSA) is 54.4 Å². The van der Waals surface area contributed by atoms with Gasteiger partial charge in [0.05, 0.1) is 5.92 Å². The number of carbonyl (C=O) groups is 2. The minimum Gasteiger partial charge on any atom is -0.481 e. The molecule has 0 aromatic heterocycles. The molecule has 1 atom stereocenters. The van der Waals surface area contributed by atoms with Crippen LogP contribution in [0.4, 0.5) is 0 Å². The highest BCUT2D eigenvalue weighted by Gasteiger charge is 2.12. The molecular weight excluding hydrogens is 180 g/mol. The van der Waals surface area contributed by atoms with E-state index in [4.69, 9.17) is 5.11 Å². The van der Waals surface area contributed by atoms with Crippen molar-refractivity contribution in [1.82, 2.24) is 0 Å². The number of hydrogen-bond acceptors (Lipinski definition) is 2. The fourth-order valence-corrected chi connectivity index (χ4v) is 1.04. The maximum Gasteiger partial charge on any atom is 0.307 e. The van der Waals surface area contributed by atoms with Crippen molar-refractivity contribution in [3.8, 4) is 0 Å². The molecule has 0 saturated carbocycles. The Hall–Kier alpha value is -1.38. The Morgan fingerprint density at radius 3 is 2.50 bits per heavy atom. The molecule has 0 bridgehead atoms. The summed E-state index contributed by atoms with van der Waals surface area (Å²) in [5.74, 6) is -1.19. The highest BCUT2D eigenvalue weighted by atomic mass is 16.4. The second-order valence-electron chi connectivity index (χ2n) is 3.01. The van der Waals surface area contributed by atoms with Crippen LogP contribution >= 0.6 is 0 Å². The van der Waals surface area contributed by atoms with Crippen molar-refractivity contribution in [2.45, 2.75) is 25.7 Å². The lowest BCUT2D eigenvalue weighted by molar-refractivity contribution is -0.141. The number of aliphatic carboxylic acids is 1. The summed E-state index contributed by atoms with van der Waals surface area (Å²) in [5.41, 5.74) is 0. The first-order valence-electron chi connectivity index (χ1n) is 4.64. The Labute approximate surface area is 84.1 Å². The first-order valence-corrected chi connectivity index (χ1v) is 4.64. The van der Waals surface area contributed by atoms with Gasteiger partial charge in [-0.25, -0.2) is 0 Å². The van der Waals surface area contributed by atoms with E-state index >= 15 is 0 Å². The van der Waals surface area contributed by atoms with Gasteiger partial charge in [0.15, 0.2) is 0 Å². The van der Waals surface area contributed by atoms with E-state index < -0.39 is 5.97 Å². The van der Waals surface area contributed by atoms with Gasteiger partial charge < -0.3 is 9.90 Å². The van der Waals surface area contributed by atoms with Gasteiger partial charge in [0, 0.05) is 6.42 Å². The van der Waals surface area contributed by atoms with Gasteiger partial charge in [-0.3, -0.25) is 4.79 Å². The Kier molecular flexibility index (Phi) is 7.42. The molecule has 0 aliphatic heterocycles. The molecule has 1 N–H and O–H groups in total. The molecule has 0 spiro atoms. The molecule has 1 unspecified atom stereocenters. The van der Waals surface area contributed by atoms with Gasteiger partial charge in [0.2, 0.25) is 0 Å². The number of unbranched alkanes of at least 4 members (excludes halogenated alkanes) is 1. The molecule has 0 heterocycles. The van der Waals surface area contributed by atoms with Crippen LogP contribution < -0.4 is 0 Å². The first kappa shape index (κ1) is 12.6. The third-order valence-corrected chi connectivity index (χ3v) is 1.84. The van der Waals surface area contributed by atoms with Crippen LogP contribution in [-0.2, 0) is 9.59 Å². The van der Waals surface area contributed by atoms with Crippen molar-refractivity contribution in [2.24, 2.45) is 5.92 Å². The van der Waals surface area contributed by atoms with Crippen molar-refractivity contribution in [3.05, 3.63) is 24.8 Å². The summed E-state index contributed by atoms with van der Waals surface area (Å²) in [6.45, 7) is 3.51. The normalized spacial score (nSPS) is 12.6. The van der Waals surface area contributed by atoms with Crippen molar-refractivity contribution in [2.75, 3.05) is 0 Å². The zero-order chi connectivity index (χ0) is 10.8. The van der Waals surface area contributed by atoms with E-state index in [1.165, 1.54) is 0 Å². The Morgan fingerprint density at radius 1 is 1.29 bits per heavy atom. The molecule has 0 amide bonds. The van der Waals surface area contributed by atoms with Crippen molar-refractivity contribution >= 4 is 12.3 Å². The minimum atomic E-state index is -0.801. The van der Waals surface area contributed by atoms with Crippen LogP contribution in [0.1, 0.15) is 25.7 Å². The smallest absolute Gasteiger partial charge is 0.307 e. The molecule has 3 nitrogen and oxygen atoms in total. The summed E-state index contributed by atoms with van der Waals surface area (Å²) < 4.78 is 0. The predicted octanol–water partition coefficient (Wildman–Crippen LogP) is 2.19. The third-order valence-electron chi connectivity index (χ3n) is 1.84. The summed E-state index contributed by atoms with van der Waals surface area (Å²) in [6.07, 6.45) is 8.27. The number of carbonyl (C=O) groups excluding carboxylic acids is 1. The molecule has 78 valence electrons. The molecule has 0 aromatic carbocycles. The van der Waals surface area contributed by atoms with E-state index in [1.807, 2.05) is 12.2 Å². The molecule has 0 aliphatic carbocycles. The standard InChI is InChI=1S/C11H16O3/c1-2-7-10(11(13)14)8-5-3-4-6-9-12/h2-3,5,9-10H,1,4,6-8H2,(H,13,14). The van der Waals surface area contributed by atoms with Crippen LogP contribution in [-0.4, -0.2) is 17.4 Å². The van der Waals surface area contributed by atoms with Crippen LogP contribution in [0.25, 0.3) is 0 Å². The van der Waals surface area contributed by atoms with Crippen molar-refractivity contribution < 1.29 is 14.7 Å². The lowest BCUT2D eigenvalue weighted by Gasteiger charge is -2.05. The Morgan fingerprint density at radius 2 is 2.00 bits per heavy atom. The summed E-state index contributed by atoms with van der Waals surface area (Å²) in [5, 5.41) is 8.77. The number of hydrogen-bond donors (Lipinski definition) is 1. The molecule has 0 aliphatic rings. The second kappa shape index (κ2) is 8.23. The van der Waals surface area contributed by atoms with Gasteiger partial charge in [-0.1, -0.05) is 18.2 Å². The molecule has 0 saturated heterocycles. The lowest BCUT2D eigenvalue weighted by Crippen LogP contribution is -2.11. The minimum absolute atomic E-state index is 0.389. The van der Waals surface area contributed by atoms with E-state index in [9.17, 15) is 9.59 Å². The van der Waals surface area contributed by atoms with E-state index in [0.29, 0.717) is 25.7 Å². The van der Waals surface area contributed by atoms with Crippen molar-refractivity contribution in [1.29, 1.82) is 0 Å². The summed E-state index contributed by atoms with van der Waals surface area (Å²) in [4.78, 5) is 20.6. The van der Waals surface area contributed by atoms with Gasteiger partial charge in [0.1, 0.15) is 6.29 Å². The third kappa shape index (κ3) is 6.17. The van der Waals surface area contributed by atoms with Gasteiger partial charge in [-0.15, -0.1) is 6.58 Å². The zero-order valence-corrected chi connectivity index (χ0v) is 8.19. The van der Waals surface area contributed by atoms with E-state index in [2.05, 4.69) is 6.58 Å². The zero-order valence-electron chi connectivity index (χ0n) is 8.19. The van der Waals surface area contributed by atoms with Crippen LogP contribution in [0.5, 0.6) is 0 Å². The highest BCUT2D eigenvalue weighted by Crippen LogP contribution is 2.10. The average molecular weight is 196 g/mol. The van der Waals surface area contributed by atoms with Crippen LogP contribution in [0, 0.1) is 5.92 Å². The lowest BCUT2D eigenvalue weighted by atomic mass is 10.0.